The van der Waals surface area contributed by atoms with Gasteiger partial charge in [-0.15, -0.1) is 0 Å². The number of amides is 1. The van der Waals surface area contributed by atoms with Crippen molar-refractivity contribution < 1.29 is 14.7 Å². The van der Waals surface area contributed by atoms with Crippen molar-refractivity contribution in [3.63, 3.8) is 0 Å². The summed E-state index contributed by atoms with van der Waals surface area (Å²) in [6.45, 7) is 9.15. The Morgan fingerprint density at radius 2 is 1.79 bits per heavy atom. The van der Waals surface area contributed by atoms with E-state index in [0.29, 0.717) is 5.56 Å². The van der Waals surface area contributed by atoms with Crippen LogP contribution in [0.25, 0.3) is 0 Å². The van der Waals surface area contributed by atoms with Crippen LogP contribution in [0.2, 0.25) is 0 Å². The molecule has 104 valence electrons. The molecule has 0 aliphatic heterocycles. The quantitative estimate of drug-likeness (QED) is 0.880. The van der Waals surface area contributed by atoms with Crippen molar-refractivity contribution in [1.29, 1.82) is 0 Å². The normalized spacial score (nSPS) is 12.9. The molecule has 4 nitrogen and oxygen atoms in total. The number of carbonyl (C=O) groups excluding carboxylic acids is 1. The number of hydrogen-bond donors (Lipinski definition) is 2. The first-order valence-corrected chi connectivity index (χ1v) is 6.24. The van der Waals surface area contributed by atoms with Crippen molar-refractivity contribution in [2.75, 3.05) is 0 Å². The average Bonchev–Trinajstić information content (AvgIpc) is 2.23. The average molecular weight is 263 g/mol. The maximum atomic E-state index is 12.2. The molecule has 1 amide bonds. The second-order valence-corrected chi connectivity index (χ2v) is 5.93. The Morgan fingerprint density at radius 1 is 1.21 bits per heavy atom. The van der Waals surface area contributed by atoms with E-state index in [1.807, 2.05) is 26.0 Å². The van der Waals surface area contributed by atoms with Crippen molar-refractivity contribution in [2.45, 2.75) is 40.7 Å². The highest BCUT2D eigenvalue weighted by atomic mass is 16.4. The number of carboxylic acid groups (broad SMARTS) is 1. The molecule has 0 fully saturated rings. The van der Waals surface area contributed by atoms with Crippen LogP contribution in [-0.2, 0) is 4.79 Å². The Bertz CT molecular complexity index is 501. The first-order chi connectivity index (χ1) is 8.62. The lowest BCUT2D eigenvalue weighted by Gasteiger charge is -2.28. The Balaban J connectivity index is 2.98. The molecule has 0 bridgehead atoms. The zero-order chi connectivity index (χ0) is 14.8. The predicted molar refractivity (Wildman–Crippen MR) is 74.3 cm³/mol. The van der Waals surface area contributed by atoms with E-state index in [1.165, 1.54) is 0 Å². The van der Waals surface area contributed by atoms with Gasteiger partial charge in [-0.05, 0) is 30.9 Å². The molecule has 0 radical (unpaired) electrons. The molecule has 0 saturated heterocycles. The topological polar surface area (TPSA) is 66.4 Å². The molecule has 0 aliphatic carbocycles. The lowest BCUT2D eigenvalue weighted by molar-refractivity contribution is -0.142. The maximum absolute atomic E-state index is 12.2. The van der Waals surface area contributed by atoms with Crippen LogP contribution >= 0.6 is 0 Å². The van der Waals surface area contributed by atoms with Gasteiger partial charge in [-0.1, -0.05) is 38.5 Å². The van der Waals surface area contributed by atoms with Crippen LogP contribution in [0.4, 0.5) is 0 Å². The summed E-state index contributed by atoms with van der Waals surface area (Å²) >= 11 is 0. The summed E-state index contributed by atoms with van der Waals surface area (Å²) in [5, 5.41) is 11.8. The summed E-state index contributed by atoms with van der Waals surface area (Å²) in [6, 6.07) is 4.55. The molecule has 1 aromatic rings. The monoisotopic (exact) mass is 263 g/mol. The van der Waals surface area contributed by atoms with Crippen LogP contribution in [-0.4, -0.2) is 23.0 Å². The fraction of sp³-hybridized carbons (Fsp3) is 0.467. The van der Waals surface area contributed by atoms with Gasteiger partial charge in [-0.3, -0.25) is 4.79 Å². The SMILES string of the molecule is Cc1ccc(C(=O)N[C@@H](C(=O)O)C(C)(C)C)c(C)c1. The minimum Gasteiger partial charge on any atom is -0.480 e. The van der Waals surface area contributed by atoms with Gasteiger partial charge < -0.3 is 10.4 Å². The predicted octanol–water partition coefficient (Wildman–Crippen LogP) is 2.53. The van der Waals surface area contributed by atoms with Crippen molar-refractivity contribution >= 4 is 11.9 Å². The van der Waals surface area contributed by atoms with Crippen molar-refractivity contribution in [3.8, 4) is 0 Å². The highest BCUT2D eigenvalue weighted by Crippen LogP contribution is 2.20. The van der Waals surface area contributed by atoms with Crippen LogP contribution in [0, 0.1) is 19.3 Å². The Morgan fingerprint density at radius 3 is 2.21 bits per heavy atom. The zero-order valence-electron chi connectivity index (χ0n) is 12.1. The zero-order valence-corrected chi connectivity index (χ0v) is 12.1. The van der Waals surface area contributed by atoms with Gasteiger partial charge >= 0.3 is 5.97 Å². The lowest BCUT2D eigenvalue weighted by atomic mass is 9.86. The molecule has 1 rings (SSSR count). The van der Waals surface area contributed by atoms with E-state index in [1.54, 1.807) is 26.8 Å². The van der Waals surface area contributed by atoms with Gasteiger partial charge in [0.25, 0.3) is 5.91 Å². The number of nitrogens with one attached hydrogen (secondary N) is 1. The number of aliphatic carboxylic acids is 1. The van der Waals surface area contributed by atoms with E-state index in [0.717, 1.165) is 11.1 Å². The van der Waals surface area contributed by atoms with Gasteiger partial charge in [0, 0.05) is 5.56 Å². The maximum Gasteiger partial charge on any atom is 0.326 e. The van der Waals surface area contributed by atoms with Gasteiger partial charge in [0.1, 0.15) is 6.04 Å². The molecule has 0 aromatic heterocycles. The molecule has 0 aliphatic rings. The molecule has 0 spiro atoms. The largest absolute Gasteiger partial charge is 0.480 e. The Kier molecular flexibility index (Phi) is 4.35. The molecule has 1 aromatic carbocycles. The molecule has 0 saturated carbocycles. The van der Waals surface area contributed by atoms with E-state index in [2.05, 4.69) is 5.32 Å². The summed E-state index contributed by atoms with van der Waals surface area (Å²) in [5.74, 6) is -1.37. The third kappa shape index (κ3) is 3.81. The van der Waals surface area contributed by atoms with Crippen LogP contribution in [0.1, 0.15) is 42.3 Å². The Labute approximate surface area is 113 Å². The van der Waals surface area contributed by atoms with E-state index in [-0.39, 0.29) is 5.91 Å². The van der Waals surface area contributed by atoms with Crippen LogP contribution in [0.5, 0.6) is 0 Å². The fourth-order valence-corrected chi connectivity index (χ4v) is 1.93. The van der Waals surface area contributed by atoms with Crippen molar-refractivity contribution in [2.24, 2.45) is 5.41 Å². The van der Waals surface area contributed by atoms with Gasteiger partial charge in [0.15, 0.2) is 0 Å². The highest BCUT2D eigenvalue weighted by molar-refractivity contribution is 5.98. The summed E-state index contributed by atoms with van der Waals surface area (Å²) < 4.78 is 0. The number of rotatable bonds is 3. The summed E-state index contributed by atoms with van der Waals surface area (Å²) in [4.78, 5) is 23.4. The smallest absolute Gasteiger partial charge is 0.326 e. The third-order valence-corrected chi connectivity index (χ3v) is 3.01. The number of carbonyl (C=O) groups is 2. The number of benzene rings is 1. The molecule has 0 heterocycles. The number of aryl methyl sites for hydroxylation is 2. The van der Waals surface area contributed by atoms with E-state index >= 15 is 0 Å². The summed E-state index contributed by atoms with van der Waals surface area (Å²) in [7, 11) is 0. The fourth-order valence-electron chi connectivity index (χ4n) is 1.93. The minimum absolute atomic E-state index is 0.347. The van der Waals surface area contributed by atoms with Crippen molar-refractivity contribution in [1.82, 2.24) is 5.32 Å². The standard InChI is InChI=1S/C15H21NO3/c1-9-6-7-11(10(2)8-9)13(17)16-12(14(18)19)15(3,4)5/h6-8,12H,1-5H3,(H,16,17)(H,18,19)/t12-/m0/s1. The van der Waals surface area contributed by atoms with E-state index in [9.17, 15) is 14.7 Å². The lowest BCUT2D eigenvalue weighted by Crippen LogP contribution is -2.49. The summed E-state index contributed by atoms with van der Waals surface area (Å²) in [5.41, 5.74) is 1.89. The van der Waals surface area contributed by atoms with Crippen LogP contribution < -0.4 is 5.32 Å². The van der Waals surface area contributed by atoms with Gasteiger partial charge in [0.05, 0.1) is 0 Å². The van der Waals surface area contributed by atoms with Crippen LogP contribution in [0.3, 0.4) is 0 Å². The number of hydrogen-bond acceptors (Lipinski definition) is 2. The second kappa shape index (κ2) is 5.43. The minimum atomic E-state index is -1.02. The van der Waals surface area contributed by atoms with Gasteiger partial charge in [-0.25, -0.2) is 4.79 Å². The van der Waals surface area contributed by atoms with Gasteiger partial charge in [0.2, 0.25) is 0 Å². The first-order valence-electron chi connectivity index (χ1n) is 6.24. The molecular weight excluding hydrogens is 242 g/mol. The molecule has 0 unspecified atom stereocenters. The number of carboxylic acids is 1. The molecule has 2 N–H and O–H groups in total. The first kappa shape index (κ1) is 15.2. The second-order valence-electron chi connectivity index (χ2n) is 5.93. The van der Waals surface area contributed by atoms with Crippen LogP contribution in [0.15, 0.2) is 18.2 Å². The van der Waals surface area contributed by atoms with Crippen molar-refractivity contribution in [3.05, 3.63) is 34.9 Å². The third-order valence-electron chi connectivity index (χ3n) is 3.01. The molecule has 19 heavy (non-hydrogen) atoms. The summed E-state index contributed by atoms with van der Waals surface area (Å²) in [6.07, 6.45) is 0. The highest BCUT2D eigenvalue weighted by Gasteiger charge is 2.32. The van der Waals surface area contributed by atoms with E-state index in [4.69, 9.17) is 0 Å². The van der Waals surface area contributed by atoms with Gasteiger partial charge in [-0.2, -0.15) is 0 Å². The Hall–Kier alpha value is -1.84. The van der Waals surface area contributed by atoms with E-state index < -0.39 is 17.4 Å². The molecule has 1 atom stereocenters. The molecule has 4 heteroatoms. The molecular formula is C15H21NO3.